The Bertz CT molecular complexity index is 756. The predicted molar refractivity (Wildman–Crippen MR) is 105 cm³/mol. The number of anilines is 1. The lowest BCUT2D eigenvalue weighted by Crippen LogP contribution is -2.43. The number of ether oxygens (including phenoxy) is 1. The van der Waals surface area contributed by atoms with E-state index in [0.29, 0.717) is 31.9 Å². The van der Waals surface area contributed by atoms with E-state index in [1.54, 1.807) is 17.0 Å². The van der Waals surface area contributed by atoms with Gasteiger partial charge in [-0.3, -0.25) is 9.59 Å². The monoisotopic (exact) mass is 367 g/mol. The molecule has 1 unspecified atom stereocenters. The second-order valence-electron chi connectivity index (χ2n) is 6.53. The highest BCUT2D eigenvalue weighted by Gasteiger charge is 2.16. The Morgan fingerprint density at radius 1 is 1.04 bits per heavy atom. The van der Waals surface area contributed by atoms with Gasteiger partial charge >= 0.3 is 0 Å². The molecule has 142 valence electrons. The van der Waals surface area contributed by atoms with Gasteiger partial charge < -0.3 is 20.3 Å². The van der Waals surface area contributed by atoms with Crippen molar-refractivity contribution in [2.45, 2.75) is 13.0 Å². The van der Waals surface area contributed by atoms with Crippen LogP contribution in [0.4, 0.5) is 5.69 Å². The molecule has 2 aromatic rings. The van der Waals surface area contributed by atoms with Crippen LogP contribution in [0.15, 0.2) is 54.6 Å². The molecule has 27 heavy (non-hydrogen) atoms. The minimum atomic E-state index is -0.123. The molecule has 1 atom stereocenters. The minimum Gasteiger partial charge on any atom is -0.378 e. The summed E-state index contributed by atoms with van der Waals surface area (Å²) in [6.45, 7) is 4.66. The van der Waals surface area contributed by atoms with Crippen molar-refractivity contribution in [3.8, 4) is 0 Å². The zero-order valence-corrected chi connectivity index (χ0v) is 15.5. The lowest BCUT2D eigenvalue weighted by molar-refractivity contribution is -0.133. The van der Waals surface area contributed by atoms with Gasteiger partial charge in [0.2, 0.25) is 5.91 Å². The third-order valence-corrected chi connectivity index (χ3v) is 4.60. The van der Waals surface area contributed by atoms with Gasteiger partial charge in [0.1, 0.15) is 0 Å². The summed E-state index contributed by atoms with van der Waals surface area (Å²) in [5.74, 6) is -0.0703. The van der Waals surface area contributed by atoms with Gasteiger partial charge in [-0.25, -0.2) is 0 Å². The van der Waals surface area contributed by atoms with Crippen LogP contribution in [-0.4, -0.2) is 49.6 Å². The first kappa shape index (κ1) is 18.9. The topological polar surface area (TPSA) is 70.7 Å². The van der Waals surface area contributed by atoms with E-state index in [1.165, 1.54) is 0 Å². The summed E-state index contributed by atoms with van der Waals surface area (Å²) < 4.78 is 5.25. The van der Waals surface area contributed by atoms with Gasteiger partial charge in [0.25, 0.3) is 5.91 Å². The first-order valence-electron chi connectivity index (χ1n) is 9.19. The zero-order valence-electron chi connectivity index (χ0n) is 15.5. The van der Waals surface area contributed by atoms with Crippen molar-refractivity contribution < 1.29 is 14.3 Å². The molecule has 1 saturated heterocycles. The molecule has 6 nitrogen and oxygen atoms in total. The van der Waals surface area contributed by atoms with Crippen LogP contribution in [0.1, 0.15) is 28.9 Å². The highest BCUT2D eigenvalue weighted by molar-refractivity contribution is 5.94. The van der Waals surface area contributed by atoms with Gasteiger partial charge in [-0.15, -0.1) is 0 Å². The van der Waals surface area contributed by atoms with E-state index in [9.17, 15) is 9.59 Å². The van der Waals surface area contributed by atoms with Gasteiger partial charge in [-0.05, 0) is 36.8 Å². The minimum absolute atomic E-state index is 0.0526. The van der Waals surface area contributed by atoms with Gasteiger partial charge in [0.15, 0.2) is 0 Å². The molecule has 2 amide bonds. The average Bonchev–Trinajstić information content (AvgIpc) is 2.73. The second-order valence-corrected chi connectivity index (χ2v) is 6.53. The number of morpholine rings is 1. The molecule has 0 saturated carbocycles. The molecule has 2 aromatic carbocycles. The molecule has 0 radical (unpaired) electrons. The van der Waals surface area contributed by atoms with Crippen LogP contribution in [-0.2, 0) is 9.53 Å². The quantitative estimate of drug-likeness (QED) is 0.823. The lowest BCUT2D eigenvalue weighted by atomic mass is 10.1. The van der Waals surface area contributed by atoms with Crippen LogP contribution < -0.4 is 10.6 Å². The molecule has 3 rings (SSSR count). The van der Waals surface area contributed by atoms with Crippen molar-refractivity contribution in [1.29, 1.82) is 0 Å². The van der Waals surface area contributed by atoms with Crippen LogP contribution in [0, 0.1) is 0 Å². The molecular weight excluding hydrogens is 342 g/mol. The summed E-state index contributed by atoms with van der Waals surface area (Å²) in [6, 6.07) is 16.9. The molecule has 1 aliphatic heterocycles. The fourth-order valence-corrected chi connectivity index (χ4v) is 2.95. The fourth-order valence-electron chi connectivity index (χ4n) is 2.95. The Morgan fingerprint density at radius 2 is 1.70 bits per heavy atom. The average molecular weight is 367 g/mol. The number of hydrogen-bond donors (Lipinski definition) is 2. The normalized spacial score (nSPS) is 15.1. The Kier molecular flexibility index (Phi) is 6.44. The van der Waals surface area contributed by atoms with E-state index in [0.717, 1.165) is 11.3 Å². The van der Waals surface area contributed by atoms with Crippen LogP contribution in [0.3, 0.4) is 0 Å². The molecular formula is C21H25N3O3. The first-order chi connectivity index (χ1) is 13.1. The van der Waals surface area contributed by atoms with E-state index < -0.39 is 0 Å². The number of carbonyl (C=O) groups excluding carboxylic acids is 2. The lowest BCUT2D eigenvalue weighted by Gasteiger charge is -2.27. The van der Waals surface area contributed by atoms with Crippen LogP contribution in [0.25, 0.3) is 0 Å². The van der Waals surface area contributed by atoms with Crippen LogP contribution in [0.5, 0.6) is 0 Å². The maximum Gasteiger partial charge on any atom is 0.251 e. The maximum atomic E-state index is 12.4. The summed E-state index contributed by atoms with van der Waals surface area (Å²) >= 11 is 0. The molecule has 0 spiro atoms. The number of nitrogens with zero attached hydrogens (tertiary/aromatic N) is 1. The van der Waals surface area contributed by atoms with Crippen molar-refractivity contribution in [2.24, 2.45) is 0 Å². The molecule has 6 heteroatoms. The van der Waals surface area contributed by atoms with E-state index in [2.05, 4.69) is 10.6 Å². The number of amides is 2. The van der Waals surface area contributed by atoms with Crippen LogP contribution in [0.2, 0.25) is 0 Å². The SMILES string of the molecule is CC(NC(=O)c1ccc(NCC(=O)N2CCOCC2)cc1)c1ccccc1. The van der Waals surface area contributed by atoms with Gasteiger partial charge in [-0.1, -0.05) is 30.3 Å². The van der Waals surface area contributed by atoms with E-state index in [1.807, 2.05) is 49.4 Å². The number of nitrogens with one attached hydrogen (secondary N) is 2. The number of carbonyl (C=O) groups is 2. The van der Waals surface area contributed by atoms with Gasteiger partial charge in [0.05, 0.1) is 25.8 Å². The number of benzene rings is 2. The smallest absolute Gasteiger partial charge is 0.251 e. The summed E-state index contributed by atoms with van der Waals surface area (Å²) in [7, 11) is 0. The summed E-state index contributed by atoms with van der Waals surface area (Å²) in [6.07, 6.45) is 0. The molecule has 1 aliphatic rings. The molecule has 0 aromatic heterocycles. The molecule has 1 fully saturated rings. The molecule has 0 bridgehead atoms. The van der Waals surface area contributed by atoms with Crippen molar-refractivity contribution in [1.82, 2.24) is 10.2 Å². The summed E-state index contributed by atoms with van der Waals surface area (Å²) in [5.41, 5.74) is 2.46. The number of rotatable bonds is 6. The Hall–Kier alpha value is -2.86. The van der Waals surface area contributed by atoms with Crippen molar-refractivity contribution >= 4 is 17.5 Å². The summed E-state index contributed by atoms with van der Waals surface area (Å²) in [4.78, 5) is 26.3. The largest absolute Gasteiger partial charge is 0.378 e. The van der Waals surface area contributed by atoms with Gasteiger partial charge in [0, 0.05) is 24.3 Å². The Balaban J connectivity index is 1.50. The van der Waals surface area contributed by atoms with Crippen molar-refractivity contribution in [3.05, 3.63) is 65.7 Å². The highest BCUT2D eigenvalue weighted by Crippen LogP contribution is 2.14. The fraction of sp³-hybridized carbons (Fsp3) is 0.333. The third-order valence-electron chi connectivity index (χ3n) is 4.60. The maximum absolute atomic E-state index is 12.4. The summed E-state index contributed by atoms with van der Waals surface area (Å²) in [5, 5.41) is 6.10. The van der Waals surface area contributed by atoms with E-state index >= 15 is 0 Å². The highest BCUT2D eigenvalue weighted by atomic mass is 16.5. The second kappa shape index (κ2) is 9.19. The van der Waals surface area contributed by atoms with E-state index in [4.69, 9.17) is 4.74 Å². The van der Waals surface area contributed by atoms with Crippen molar-refractivity contribution in [2.75, 3.05) is 38.2 Å². The van der Waals surface area contributed by atoms with E-state index in [-0.39, 0.29) is 24.4 Å². The standard InChI is InChI=1S/C21H25N3O3/c1-16(17-5-3-2-4-6-17)23-21(26)18-7-9-19(10-8-18)22-15-20(25)24-11-13-27-14-12-24/h2-10,16,22H,11-15H2,1H3,(H,23,26). The third kappa shape index (κ3) is 5.31. The Labute approximate surface area is 159 Å². The van der Waals surface area contributed by atoms with Crippen LogP contribution >= 0.6 is 0 Å². The predicted octanol–water partition coefficient (Wildman–Crippen LogP) is 2.45. The first-order valence-corrected chi connectivity index (χ1v) is 9.19. The molecule has 2 N–H and O–H groups in total. The zero-order chi connectivity index (χ0) is 19.1. The molecule has 1 heterocycles. The van der Waals surface area contributed by atoms with Crippen molar-refractivity contribution in [3.63, 3.8) is 0 Å². The Morgan fingerprint density at radius 3 is 2.37 bits per heavy atom. The number of hydrogen-bond acceptors (Lipinski definition) is 4. The van der Waals surface area contributed by atoms with Gasteiger partial charge in [-0.2, -0.15) is 0 Å². The molecule has 0 aliphatic carbocycles.